The molecule has 0 fully saturated rings. The molecule has 2 aromatic rings. The van der Waals surface area contributed by atoms with Crippen molar-refractivity contribution in [3.63, 3.8) is 0 Å². The first kappa shape index (κ1) is 22.5. The minimum atomic E-state index is -0.177. The Balaban J connectivity index is 0.00000338. The maximum absolute atomic E-state index is 5.66. The summed E-state index contributed by atoms with van der Waals surface area (Å²) in [7, 11) is 4.93. The number of hydrogen-bond donors (Lipinski definition) is 0. The van der Waals surface area contributed by atoms with Gasteiger partial charge in [0.05, 0.1) is 14.2 Å². The topological polar surface area (TPSA) is 36.9 Å². The van der Waals surface area contributed by atoms with Gasteiger partial charge in [0.1, 0.15) is 5.75 Å². The standard InChI is InChI=1S/C21H28O4.W/c1-7-15-12-16(8-10-18(15)25-14-22-4)21(2,3)17-9-11-19(23-5)20(13-17)24-6;/h8-13H,7,14H2,1-6H3;. The molecular formula is C21H28O4W. The van der Waals surface area contributed by atoms with Crippen molar-refractivity contribution in [2.24, 2.45) is 0 Å². The molecule has 0 unspecified atom stereocenters. The second-order valence-electron chi connectivity index (χ2n) is 6.42. The van der Waals surface area contributed by atoms with E-state index in [1.807, 2.05) is 18.2 Å². The van der Waals surface area contributed by atoms with E-state index in [4.69, 9.17) is 18.9 Å². The van der Waals surface area contributed by atoms with E-state index in [1.165, 1.54) is 11.1 Å². The largest absolute Gasteiger partial charge is 0.493 e. The van der Waals surface area contributed by atoms with Gasteiger partial charge in [0.15, 0.2) is 18.3 Å². The van der Waals surface area contributed by atoms with Crippen molar-refractivity contribution >= 4 is 0 Å². The fourth-order valence-electron chi connectivity index (χ4n) is 2.90. The van der Waals surface area contributed by atoms with E-state index in [0.29, 0.717) is 0 Å². The molecule has 0 saturated carbocycles. The number of aryl methyl sites for hydroxylation is 1. The summed E-state index contributed by atoms with van der Waals surface area (Å²) >= 11 is 0. The van der Waals surface area contributed by atoms with Gasteiger partial charge in [0, 0.05) is 33.6 Å². The van der Waals surface area contributed by atoms with E-state index >= 15 is 0 Å². The molecule has 0 aliphatic carbocycles. The van der Waals surface area contributed by atoms with Crippen LogP contribution >= 0.6 is 0 Å². The smallest absolute Gasteiger partial charge is 0.188 e. The molecule has 0 spiro atoms. The van der Waals surface area contributed by atoms with Crippen LogP contribution in [0.15, 0.2) is 36.4 Å². The molecule has 2 aromatic carbocycles. The van der Waals surface area contributed by atoms with E-state index in [0.717, 1.165) is 29.2 Å². The van der Waals surface area contributed by atoms with Crippen LogP contribution in [-0.4, -0.2) is 28.1 Å². The maximum Gasteiger partial charge on any atom is 0.188 e. The van der Waals surface area contributed by atoms with Gasteiger partial charge < -0.3 is 18.9 Å². The molecule has 0 saturated heterocycles. The third-order valence-electron chi connectivity index (χ3n) is 4.60. The van der Waals surface area contributed by atoms with Crippen LogP contribution < -0.4 is 14.2 Å². The van der Waals surface area contributed by atoms with Gasteiger partial charge in [0.25, 0.3) is 0 Å². The Labute approximate surface area is 171 Å². The quantitative estimate of drug-likeness (QED) is 0.471. The predicted molar refractivity (Wildman–Crippen MR) is 100.0 cm³/mol. The summed E-state index contributed by atoms with van der Waals surface area (Å²) in [6, 6.07) is 12.4. The monoisotopic (exact) mass is 528 g/mol. The van der Waals surface area contributed by atoms with Crippen LogP contribution in [0, 0.1) is 0 Å². The minimum Gasteiger partial charge on any atom is -0.493 e. The van der Waals surface area contributed by atoms with Crippen LogP contribution in [0.2, 0.25) is 0 Å². The van der Waals surface area contributed by atoms with Crippen molar-refractivity contribution < 1.29 is 40.0 Å². The second kappa shape index (κ2) is 9.99. The van der Waals surface area contributed by atoms with Crippen molar-refractivity contribution in [3.05, 3.63) is 53.1 Å². The Morgan fingerprint density at radius 2 is 1.38 bits per heavy atom. The zero-order chi connectivity index (χ0) is 18.4. The molecule has 26 heavy (non-hydrogen) atoms. The van der Waals surface area contributed by atoms with Crippen molar-refractivity contribution in [1.29, 1.82) is 0 Å². The minimum absolute atomic E-state index is 0. The molecule has 0 amide bonds. The molecule has 0 heterocycles. The first-order chi connectivity index (χ1) is 12.0. The molecule has 0 bridgehead atoms. The average molecular weight is 528 g/mol. The summed E-state index contributed by atoms with van der Waals surface area (Å²) in [4.78, 5) is 0. The SMILES string of the molecule is CCc1cc(C(C)(C)c2ccc(OC)c(OC)c2)ccc1OCOC.[W]. The Kier molecular flexibility index (Phi) is 8.65. The summed E-state index contributed by atoms with van der Waals surface area (Å²) in [5, 5.41) is 0. The van der Waals surface area contributed by atoms with Crippen LogP contribution in [0.25, 0.3) is 0 Å². The van der Waals surface area contributed by atoms with Gasteiger partial charge in [-0.15, -0.1) is 0 Å². The van der Waals surface area contributed by atoms with Gasteiger partial charge in [-0.1, -0.05) is 39.0 Å². The van der Waals surface area contributed by atoms with E-state index in [9.17, 15) is 0 Å². The molecular weight excluding hydrogens is 500 g/mol. The number of benzene rings is 2. The number of ether oxygens (including phenoxy) is 4. The van der Waals surface area contributed by atoms with E-state index in [2.05, 4.69) is 39.0 Å². The van der Waals surface area contributed by atoms with E-state index in [1.54, 1.807) is 21.3 Å². The van der Waals surface area contributed by atoms with Gasteiger partial charge in [-0.05, 0) is 41.3 Å². The number of rotatable bonds is 8. The molecule has 0 aliphatic rings. The van der Waals surface area contributed by atoms with Crippen molar-refractivity contribution in [3.8, 4) is 17.2 Å². The molecule has 0 aromatic heterocycles. The molecule has 0 N–H and O–H groups in total. The average Bonchev–Trinajstić information content (AvgIpc) is 2.65. The van der Waals surface area contributed by atoms with Gasteiger partial charge in [-0.3, -0.25) is 0 Å². The third-order valence-corrected chi connectivity index (χ3v) is 4.60. The maximum atomic E-state index is 5.66. The van der Waals surface area contributed by atoms with Crippen molar-refractivity contribution in [2.75, 3.05) is 28.1 Å². The van der Waals surface area contributed by atoms with Crippen molar-refractivity contribution in [1.82, 2.24) is 0 Å². The molecule has 0 radical (unpaired) electrons. The summed E-state index contributed by atoms with van der Waals surface area (Å²) in [6.45, 7) is 6.80. The zero-order valence-electron chi connectivity index (χ0n) is 16.4. The predicted octanol–water partition coefficient (Wildman–Crippen LogP) is 4.57. The van der Waals surface area contributed by atoms with E-state index in [-0.39, 0.29) is 33.3 Å². The fourth-order valence-corrected chi connectivity index (χ4v) is 2.90. The Bertz CT molecular complexity index is 713. The molecule has 5 heteroatoms. The Morgan fingerprint density at radius 3 is 1.92 bits per heavy atom. The molecule has 4 nitrogen and oxygen atoms in total. The van der Waals surface area contributed by atoms with Crippen molar-refractivity contribution in [2.45, 2.75) is 32.6 Å². The molecule has 0 atom stereocenters. The fraction of sp³-hybridized carbons (Fsp3) is 0.429. The summed E-state index contributed by atoms with van der Waals surface area (Å²) < 4.78 is 21.5. The molecule has 0 aliphatic heterocycles. The Hall–Kier alpha value is -1.51. The second-order valence-corrected chi connectivity index (χ2v) is 6.42. The number of methoxy groups -OCH3 is 3. The van der Waals surface area contributed by atoms with Gasteiger partial charge in [-0.2, -0.15) is 0 Å². The summed E-state index contributed by atoms with van der Waals surface area (Å²) in [5.74, 6) is 2.35. The zero-order valence-corrected chi connectivity index (χ0v) is 19.4. The van der Waals surface area contributed by atoms with Gasteiger partial charge in [-0.25, -0.2) is 0 Å². The summed E-state index contributed by atoms with van der Waals surface area (Å²) in [6.07, 6.45) is 0.898. The first-order valence-electron chi connectivity index (χ1n) is 8.45. The molecule has 2 rings (SSSR count). The summed E-state index contributed by atoms with van der Waals surface area (Å²) in [5.41, 5.74) is 3.38. The van der Waals surface area contributed by atoms with Crippen LogP contribution in [0.1, 0.15) is 37.5 Å². The Morgan fingerprint density at radius 1 is 0.808 bits per heavy atom. The molecule has 142 valence electrons. The third kappa shape index (κ3) is 4.80. The van der Waals surface area contributed by atoms with Crippen LogP contribution in [0.5, 0.6) is 17.2 Å². The first-order valence-corrected chi connectivity index (χ1v) is 8.45. The van der Waals surface area contributed by atoms with Crippen LogP contribution in [0.3, 0.4) is 0 Å². The van der Waals surface area contributed by atoms with Crippen LogP contribution in [0.4, 0.5) is 0 Å². The number of hydrogen-bond acceptors (Lipinski definition) is 4. The van der Waals surface area contributed by atoms with E-state index < -0.39 is 0 Å². The van der Waals surface area contributed by atoms with Crippen LogP contribution in [-0.2, 0) is 37.6 Å². The normalized spacial score (nSPS) is 10.8. The van der Waals surface area contributed by atoms with Gasteiger partial charge >= 0.3 is 0 Å². The van der Waals surface area contributed by atoms with Gasteiger partial charge in [0.2, 0.25) is 0 Å².